The van der Waals surface area contributed by atoms with Crippen molar-refractivity contribution in [1.29, 1.82) is 0 Å². The molecule has 2 N–H and O–H groups in total. The maximum Gasteiger partial charge on any atom is 0.338 e. The summed E-state index contributed by atoms with van der Waals surface area (Å²) in [4.78, 5) is 12.6. The number of hydrogen-bond donors (Lipinski definition) is 2. The first-order valence-electron chi connectivity index (χ1n) is 5.53. The molecule has 6 heteroatoms. The number of rotatable bonds is 6. The molecule has 0 aliphatic heterocycles. The smallest absolute Gasteiger partial charge is 0.338 e. The van der Waals surface area contributed by atoms with Crippen LogP contribution < -0.4 is 5.32 Å². The lowest BCUT2D eigenvalue weighted by Gasteiger charge is -2.11. The number of anilines is 1. The fourth-order valence-corrected chi connectivity index (χ4v) is 1.47. The van der Waals surface area contributed by atoms with Gasteiger partial charge < -0.3 is 15.3 Å². The quantitative estimate of drug-likeness (QED) is 0.767. The van der Waals surface area contributed by atoms with Gasteiger partial charge in [0.1, 0.15) is 0 Å². The van der Waals surface area contributed by atoms with E-state index in [0.717, 1.165) is 19.0 Å². The molecule has 100 valence electrons. The van der Waals surface area contributed by atoms with Crippen LogP contribution in [0.4, 0.5) is 14.5 Å². The number of aromatic carboxylic acids is 1. The van der Waals surface area contributed by atoms with Gasteiger partial charge in [0.05, 0.1) is 11.3 Å². The van der Waals surface area contributed by atoms with Crippen molar-refractivity contribution in [3.63, 3.8) is 0 Å². The molecule has 1 aromatic carbocycles. The molecule has 18 heavy (non-hydrogen) atoms. The van der Waals surface area contributed by atoms with Gasteiger partial charge in [-0.05, 0) is 39.2 Å². The Morgan fingerprint density at radius 3 is 2.56 bits per heavy atom. The van der Waals surface area contributed by atoms with Crippen LogP contribution in [0.15, 0.2) is 12.1 Å². The summed E-state index contributed by atoms with van der Waals surface area (Å²) < 4.78 is 26.8. The SMILES string of the molecule is CN(C)CCCNc1ccc(C(=O)O)c(F)c1F. The van der Waals surface area contributed by atoms with E-state index in [1.807, 2.05) is 19.0 Å². The zero-order valence-corrected chi connectivity index (χ0v) is 10.3. The number of benzene rings is 1. The van der Waals surface area contributed by atoms with E-state index in [0.29, 0.717) is 6.54 Å². The molecule has 0 unspecified atom stereocenters. The Balaban J connectivity index is 2.68. The summed E-state index contributed by atoms with van der Waals surface area (Å²) in [6.07, 6.45) is 0.773. The van der Waals surface area contributed by atoms with E-state index < -0.39 is 23.2 Å². The molecule has 1 rings (SSSR count). The topological polar surface area (TPSA) is 52.6 Å². The molecular weight excluding hydrogens is 242 g/mol. The first-order chi connectivity index (χ1) is 8.43. The van der Waals surface area contributed by atoms with Crippen LogP contribution in [0.2, 0.25) is 0 Å². The van der Waals surface area contributed by atoms with E-state index in [1.165, 1.54) is 6.07 Å². The summed E-state index contributed by atoms with van der Waals surface area (Å²) in [5.41, 5.74) is -0.678. The van der Waals surface area contributed by atoms with Gasteiger partial charge in [0.15, 0.2) is 11.6 Å². The molecule has 0 amide bonds. The number of carboxylic acids is 1. The predicted octanol–water partition coefficient (Wildman–Crippen LogP) is 2.03. The minimum atomic E-state index is -1.48. The highest BCUT2D eigenvalue weighted by Gasteiger charge is 2.17. The second-order valence-corrected chi connectivity index (χ2v) is 4.18. The molecule has 0 heterocycles. The third-order valence-corrected chi connectivity index (χ3v) is 2.41. The Labute approximate surface area is 104 Å². The number of hydrogen-bond acceptors (Lipinski definition) is 3. The highest BCUT2D eigenvalue weighted by atomic mass is 19.2. The lowest BCUT2D eigenvalue weighted by atomic mass is 10.2. The lowest BCUT2D eigenvalue weighted by Crippen LogP contribution is -2.17. The molecule has 0 bridgehead atoms. The van der Waals surface area contributed by atoms with Crippen molar-refractivity contribution in [3.05, 3.63) is 29.3 Å². The fourth-order valence-electron chi connectivity index (χ4n) is 1.47. The summed E-state index contributed by atoms with van der Waals surface area (Å²) in [6.45, 7) is 1.31. The first-order valence-corrected chi connectivity index (χ1v) is 5.53. The van der Waals surface area contributed by atoms with E-state index in [9.17, 15) is 13.6 Å². The maximum absolute atomic E-state index is 13.5. The second-order valence-electron chi connectivity index (χ2n) is 4.18. The average molecular weight is 258 g/mol. The molecule has 0 radical (unpaired) electrons. The summed E-state index contributed by atoms with van der Waals surface area (Å²) in [6, 6.07) is 2.28. The molecule has 1 aromatic rings. The molecule has 0 aliphatic rings. The van der Waals surface area contributed by atoms with Crippen molar-refractivity contribution in [3.8, 4) is 0 Å². The number of carboxylic acid groups (broad SMARTS) is 1. The number of halogens is 2. The molecule has 0 fully saturated rings. The molecule has 0 aromatic heterocycles. The summed E-state index contributed by atoms with van der Waals surface area (Å²) in [5.74, 6) is -3.97. The Kier molecular flexibility index (Phi) is 5.03. The fraction of sp³-hybridized carbons (Fsp3) is 0.417. The minimum Gasteiger partial charge on any atom is -0.478 e. The number of nitrogens with one attached hydrogen (secondary N) is 1. The molecule has 0 saturated carbocycles. The second kappa shape index (κ2) is 6.30. The highest BCUT2D eigenvalue weighted by Crippen LogP contribution is 2.20. The van der Waals surface area contributed by atoms with Crippen molar-refractivity contribution >= 4 is 11.7 Å². The Morgan fingerprint density at radius 2 is 2.00 bits per heavy atom. The lowest BCUT2D eigenvalue weighted by molar-refractivity contribution is 0.0690. The predicted molar refractivity (Wildman–Crippen MR) is 65.0 cm³/mol. The van der Waals surface area contributed by atoms with Crippen LogP contribution in [0, 0.1) is 11.6 Å². The largest absolute Gasteiger partial charge is 0.478 e. The van der Waals surface area contributed by atoms with Gasteiger partial charge in [0.25, 0.3) is 0 Å². The van der Waals surface area contributed by atoms with Gasteiger partial charge in [-0.3, -0.25) is 0 Å². The monoisotopic (exact) mass is 258 g/mol. The van der Waals surface area contributed by atoms with Crippen LogP contribution >= 0.6 is 0 Å². The highest BCUT2D eigenvalue weighted by molar-refractivity contribution is 5.88. The van der Waals surface area contributed by atoms with Crippen LogP contribution in [0.25, 0.3) is 0 Å². The van der Waals surface area contributed by atoms with Gasteiger partial charge in [0.2, 0.25) is 0 Å². The Hall–Kier alpha value is -1.69. The average Bonchev–Trinajstić information content (AvgIpc) is 2.29. The molecular formula is C12H16F2N2O2. The Bertz CT molecular complexity index is 436. The molecule has 0 saturated heterocycles. The Morgan fingerprint density at radius 1 is 1.33 bits per heavy atom. The molecule has 4 nitrogen and oxygen atoms in total. The van der Waals surface area contributed by atoms with E-state index in [-0.39, 0.29) is 5.69 Å². The van der Waals surface area contributed by atoms with Gasteiger partial charge in [-0.2, -0.15) is 0 Å². The van der Waals surface area contributed by atoms with Crippen molar-refractivity contribution in [2.24, 2.45) is 0 Å². The van der Waals surface area contributed by atoms with Crippen LogP contribution in [0.5, 0.6) is 0 Å². The van der Waals surface area contributed by atoms with E-state index in [1.54, 1.807) is 0 Å². The van der Waals surface area contributed by atoms with Crippen LogP contribution in [-0.2, 0) is 0 Å². The molecule has 0 spiro atoms. The van der Waals surface area contributed by atoms with Crippen LogP contribution in [0.1, 0.15) is 16.8 Å². The van der Waals surface area contributed by atoms with E-state index >= 15 is 0 Å². The van der Waals surface area contributed by atoms with Gasteiger partial charge in [0, 0.05) is 6.54 Å². The standard InChI is InChI=1S/C12H16F2N2O2/c1-16(2)7-3-6-15-9-5-4-8(12(17)18)10(13)11(9)14/h4-5,15H,3,6-7H2,1-2H3,(H,17,18). The summed E-state index contributed by atoms with van der Waals surface area (Å²) in [5, 5.41) is 11.4. The third kappa shape index (κ3) is 3.66. The minimum absolute atomic E-state index is 0.0174. The van der Waals surface area contributed by atoms with Crippen molar-refractivity contribution < 1.29 is 18.7 Å². The summed E-state index contributed by atoms with van der Waals surface area (Å²) >= 11 is 0. The summed E-state index contributed by atoms with van der Waals surface area (Å²) in [7, 11) is 3.84. The number of carbonyl (C=O) groups is 1. The van der Waals surface area contributed by atoms with Crippen molar-refractivity contribution in [2.75, 3.05) is 32.5 Å². The molecule has 0 atom stereocenters. The van der Waals surface area contributed by atoms with Gasteiger partial charge in [-0.25, -0.2) is 13.6 Å². The normalized spacial score (nSPS) is 10.7. The van der Waals surface area contributed by atoms with E-state index in [2.05, 4.69) is 5.32 Å². The van der Waals surface area contributed by atoms with Gasteiger partial charge in [-0.1, -0.05) is 0 Å². The van der Waals surface area contributed by atoms with Gasteiger partial charge >= 0.3 is 5.97 Å². The number of nitrogens with zero attached hydrogens (tertiary/aromatic N) is 1. The van der Waals surface area contributed by atoms with Gasteiger partial charge in [-0.15, -0.1) is 0 Å². The first kappa shape index (κ1) is 14.4. The molecule has 0 aliphatic carbocycles. The van der Waals surface area contributed by atoms with E-state index in [4.69, 9.17) is 5.11 Å². The zero-order chi connectivity index (χ0) is 13.7. The van der Waals surface area contributed by atoms with Crippen LogP contribution in [-0.4, -0.2) is 43.2 Å². The van der Waals surface area contributed by atoms with Crippen molar-refractivity contribution in [1.82, 2.24) is 4.90 Å². The maximum atomic E-state index is 13.5. The van der Waals surface area contributed by atoms with Crippen LogP contribution in [0.3, 0.4) is 0 Å². The van der Waals surface area contributed by atoms with Crippen molar-refractivity contribution in [2.45, 2.75) is 6.42 Å². The third-order valence-electron chi connectivity index (χ3n) is 2.41. The zero-order valence-electron chi connectivity index (χ0n) is 10.3.